The number of carbonyl (C=O) groups is 1. The molecule has 1 heterocycles. The normalized spacial score (nSPS) is 11.1. The van der Waals surface area contributed by atoms with Crippen LogP contribution in [-0.4, -0.2) is 26.7 Å². The molecule has 0 unspecified atom stereocenters. The summed E-state index contributed by atoms with van der Waals surface area (Å²) in [5.41, 5.74) is 10.7. The van der Waals surface area contributed by atoms with E-state index < -0.39 is 5.97 Å². The Morgan fingerprint density at radius 3 is 2.58 bits per heavy atom. The highest BCUT2D eigenvalue weighted by molar-refractivity contribution is 5.96. The Balaban J connectivity index is 1.72. The number of aromatic nitrogens is 2. The Labute approximate surface area is 191 Å². The number of benzene rings is 3. The molecule has 1 aromatic heterocycles. The molecular weight excluding hydrogens is 416 g/mol. The van der Waals surface area contributed by atoms with Crippen LogP contribution in [0.3, 0.4) is 0 Å². The smallest absolute Gasteiger partial charge is 0.307 e. The predicted molar refractivity (Wildman–Crippen MR) is 129 cm³/mol. The third kappa shape index (κ3) is 4.72. The number of nitrogens with two attached hydrogens (primary N) is 1. The van der Waals surface area contributed by atoms with E-state index in [2.05, 4.69) is 19.9 Å². The topological polar surface area (TPSA) is 114 Å². The molecule has 0 saturated carbocycles. The van der Waals surface area contributed by atoms with E-state index in [4.69, 9.17) is 21.0 Å². The average Bonchev–Trinajstić information content (AvgIpc) is 3.16. The van der Waals surface area contributed by atoms with Crippen molar-refractivity contribution in [2.24, 2.45) is 5.73 Å². The van der Waals surface area contributed by atoms with Crippen LogP contribution in [0.25, 0.3) is 22.0 Å². The van der Waals surface area contributed by atoms with Gasteiger partial charge in [-0.15, -0.1) is 0 Å². The van der Waals surface area contributed by atoms with Gasteiger partial charge < -0.3 is 15.6 Å². The van der Waals surface area contributed by atoms with Crippen molar-refractivity contribution < 1.29 is 14.6 Å². The maximum Gasteiger partial charge on any atom is 0.307 e. The number of amidine groups is 1. The summed E-state index contributed by atoms with van der Waals surface area (Å²) in [6.07, 6.45) is -0.103. The van der Waals surface area contributed by atoms with Gasteiger partial charge >= 0.3 is 5.97 Å². The van der Waals surface area contributed by atoms with Crippen LogP contribution >= 0.6 is 0 Å². The summed E-state index contributed by atoms with van der Waals surface area (Å²) in [4.78, 5) is 11.2. The number of ether oxygens (including phenoxy) is 1. The number of nitrogens with one attached hydrogen (secondary N) is 1. The molecule has 0 atom stereocenters. The molecule has 168 valence electrons. The number of nitrogen functional groups attached to an aromatic ring is 1. The van der Waals surface area contributed by atoms with Crippen LogP contribution < -0.4 is 10.5 Å². The molecule has 0 aliphatic rings. The highest BCUT2D eigenvalue weighted by Crippen LogP contribution is 2.30. The fourth-order valence-electron chi connectivity index (χ4n) is 3.85. The summed E-state index contributed by atoms with van der Waals surface area (Å²) in [7, 11) is 0. The third-order valence-electron chi connectivity index (χ3n) is 5.46. The minimum absolute atomic E-state index is 0.0275. The number of carboxylic acids is 1. The van der Waals surface area contributed by atoms with Crippen LogP contribution in [-0.2, 0) is 17.8 Å². The maximum absolute atomic E-state index is 11.2. The van der Waals surface area contributed by atoms with Crippen molar-refractivity contribution in [3.8, 4) is 16.9 Å². The molecule has 4 N–H and O–H groups in total. The van der Waals surface area contributed by atoms with Crippen molar-refractivity contribution in [2.45, 2.75) is 32.9 Å². The van der Waals surface area contributed by atoms with Gasteiger partial charge in [0.2, 0.25) is 0 Å². The minimum Gasteiger partial charge on any atom is -0.487 e. The van der Waals surface area contributed by atoms with Crippen molar-refractivity contribution in [1.82, 2.24) is 9.78 Å². The van der Waals surface area contributed by atoms with Crippen molar-refractivity contribution in [3.05, 3.63) is 83.6 Å². The SMILES string of the molecule is CC(C)n1nc(COc2ccccc2CC(=O)O)c2cc(-c3cccc(C(=N)N)c3)ccc21. The van der Waals surface area contributed by atoms with Crippen molar-refractivity contribution in [2.75, 3.05) is 0 Å². The summed E-state index contributed by atoms with van der Waals surface area (Å²) in [5, 5.41) is 22.7. The van der Waals surface area contributed by atoms with Crippen LogP contribution in [0.15, 0.2) is 66.7 Å². The lowest BCUT2D eigenvalue weighted by molar-refractivity contribution is -0.136. The van der Waals surface area contributed by atoms with Gasteiger partial charge in [0.05, 0.1) is 11.9 Å². The standard InChI is InChI=1S/C26H26N4O3/c1-16(2)30-23-11-10-18(17-7-5-8-20(12-17)26(27)28)13-21(23)22(29-30)15-33-24-9-4-3-6-19(24)14-25(31)32/h3-13,16H,14-15H2,1-2H3,(H3,27,28)(H,31,32). The Morgan fingerprint density at radius 2 is 1.85 bits per heavy atom. The van der Waals surface area contributed by atoms with E-state index in [0.717, 1.165) is 27.7 Å². The monoisotopic (exact) mass is 442 g/mol. The number of rotatable bonds is 8. The molecule has 0 bridgehead atoms. The molecule has 0 saturated heterocycles. The van der Waals surface area contributed by atoms with E-state index in [1.807, 2.05) is 47.1 Å². The maximum atomic E-state index is 11.2. The molecule has 7 nitrogen and oxygen atoms in total. The molecule has 0 fully saturated rings. The quantitative estimate of drug-likeness (QED) is 0.268. The van der Waals surface area contributed by atoms with Crippen LogP contribution in [0.4, 0.5) is 0 Å². The fourth-order valence-corrected chi connectivity index (χ4v) is 3.85. The number of nitrogens with zero attached hydrogens (tertiary/aromatic N) is 2. The number of hydrogen-bond acceptors (Lipinski definition) is 4. The molecule has 4 aromatic rings. The molecule has 0 spiro atoms. The zero-order chi connectivity index (χ0) is 23.5. The summed E-state index contributed by atoms with van der Waals surface area (Å²) < 4.78 is 8.00. The van der Waals surface area contributed by atoms with Crippen LogP contribution in [0.2, 0.25) is 0 Å². The molecular formula is C26H26N4O3. The largest absolute Gasteiger partial charge is 0.487 e. The Morgan fingerprint density at radius 1 is 1.09 bits per heavy atom. The molecule has 0 amide bonds. The highest BCUT2D eigenvalue weighted by atomic mass is 16.5. The van der Waals surface area contributed by atoms with E-state index in [9.17, 15) is 9.90 Å². The minimum atomic E-state index is -0.905. The Bertz CT molecular complexity index is 1340. The lowest BCUT2D eigenvalue weighted by atomic mass is 10.0. The van der Waals surface area contributed by atoms with E-state index in [1.54, 1.807) is 18.2 Å². The van der Waals surface area contributed by atoms with E-state index in [1.165, 1.54) is 0 Å². The zero-order valence-corrected chi connectivity index (χ0v) is 18.6. The second kappa shape index (κ2) is 9.16. The van der Waals surface area contributed by atoms with E-state index in [-0.39, 0.29) is 24.9 Å². The highest BCUT2D eigenvalue weighted by Gasteiger charge is 2.16. The first-order chi connectivity index (χ1) is 15.8. The molecule has 0 aliphatic carbocycles. The van der Waals surface area contributed by atoms with Gasteiger partial charge in [-0.2, -0.15) is 5.10 Å². The first-order valence-electron chi connectivity index (χ1n) is 10.7. The summed E-state index contributed by atoms with van der Waals surface area (Å²) >= 11 is 0. The van der Waals surface area contributed by atoms with Gasteiger partial charge in [0.15, 0.2) is 0 Å². The Hall–Kier alpha value is -4.13. The number of carboxylic acid groups (broad SMARTS) is 1. The zero-order valence-electron chi connectivity index (χ0n) is 18.6. The van der Waals surface area contributed by atoms with Gasteiger partial charge in [-0.1, -0.05) is 42.5 Å². The van der Waals surface area contributed by atoms with Gasteiger partial charge in [0, 0.05) is 22.6 Å². The molecule has 0 radical (unpaired) electrons. The van der Waals surface area contributed by atoms with Crippen molar-refractivity contribution in [3.63, 3.8) is 0 Å². The number of fused-ring (bicyclic) bond motifs is 1. The van der Waals surface area contributed by atoms with Gasteiger partial charge in [-0.05, 0) is 49.2 Å². The Kier molecular flexibility index (Phi) is 6.13. The van der Waals surface area contributed by atoms with Gasteiger partial charge in [0.1, 0.15) is 23.9 Å². The fraction of sp³-hybridized carbons (Fsp3) is 0.192. The molecule has 4 rings (SSSR count). The van der Waals surface area contributed by atoms with Gasteiger partial charge in [0.25, 0.3) is 0 Å². The molecule has 33 heavy (non-hydrogen) atoms. The third-order valence-corrected chi connectivity index (χ3v) is 5.46. The summed E-state index contributed by atoms with van der Waals surface area (Å²) in [6, 6.07) is 21.1. The molecule has 0 aliphatic heterocycles. The first kappa shape index (κ1) is 22.1. The second-order valence-electron chi connectivity index (χ2n) is 8.18. The number of hydrogen-bond donors (Lipinski definition) is 3. The number of aliphatic carboxylic acids is 1. The van der Waals surface area contributed by atoms with Crippen molar-refractivity contribution in [1.29, 1.82) is 5.41 Å². The second-order valence-corrected chi connectivity index (χ2v) is 8.18. The summed E-state index contributed by atoms with van der Waals surface area (Å²) in [6.45, 7) is 4.36. The average molecular weight is 443 g/mol. The van der Waals surface area contributed by atoms with Crippen LogP contribution in [0.1, 0.15) is 36.7 Å². The van der Waals surface area contributed by atoms with Crippen LogP contribution in [0, 0.1) is 5.41 Å². The summed E-state index contributed by atoms with van der Waals surface area (Å²) in [5.74, 6) is -0.338. The van der Waals surface area contributed by atoms with Crippen molar-refractivity contribution >= 4 is 22.7 Å². The number of para-hydroxylation sites is 1. The van der Waals surface area contributed by atoms with E-state index in [0.29, 0.717) is 16.9 Å². The predicted octanol–water partition coefficient (Wildman–Crippen LogP) is 4.77. The van der Waals surface area contributed by atoms with Crippen LogP contribution in [0.5, 0.6) is 5.75 Å². The lowest BCUT2D eigenvalue weighted by Gasteiger charge is -2.09. The van der Waals surface area contributed by atoms with Gasteiger partial charge in [-0.25, -0.2) is 0 Å². The lowest BCUT2D eigenvalue weighted by Crippen LogP contribution is -2.10. The van der Waals surface area contributed by atoms with E-state index >= 15 is 0 Å². The van der Waals surface area contributed by atoms with Gasteiger partial charge in [-0.3, -0.25) is 14.9 Å². The first-order valence-corrected chi connectivity index (χ1v) is 10.7. The molecule has 3 aromatic carbocycles. The molecule has 7 heteroatoms.